The number of esters is 2. The van der Waals surface area contributed by atoms with Crippen molar-refractivity contribution in [2.75, 3.05) is 13.7 Å². The first-order chi connectivity index (χ1) is 11.0. The first kappa shape index (κ1) is 17.3. The van der Waals surface area contributed by atoms with Crippen LogP contribution in [-0.2, 0) is 20.7 Å². The fourth-order valence-corrected chi connectivity index (χ4v) is 2.42. The zero-order valence-corrected chi connectivity index (χ0v) is 14.0. The Hall–Kier alpha value is -2.05. The van der Waals surface area contributed by atoms with E-state index < -0.39 is 11.9 Å². The molecule has 6 nitrogen and oxygen atoms in total. The molecule has 0 spiro atoms. The number of methoxy groups -OCH3 is 1. The molecule has 0 saturated carbocycles. The summed E-state index contributed by atoms with van der Waals surface area (Å²) in [7, 11) is 1.28. The minimum absolute atomic E-state index is 0.0676. The summed E-state index contributed by atoms with van der Waals surface area (Å²) in [6.07, 6.45) is -0.0676. The topological polar surface area (TPSA) is 70.4 Å². The van der Waals surface area contributed by atoms with E-state index in [-0.39, 0.29) is 18.7 Å². The second-order valence-corrected chi connectivity index (χ2v) is 5.35. The summed E-state index contributed by atoms with van der Waals surface area (Å²) in [4.78, 5) is 23.4. The fraction of sp³-hybridized carbons (Fsp3) is 0.267. The fourth-order valence-electron chi connectivity index (χ4n) is 1.93. The van der Waals surface area contributed by atoms with Crippen LogP contribution in [0.25, 0.3) is 5.69 Å². The van der Waals surface area contributed by atoms with Crippen molar-refractivity contribution in [1.82, 2.24) is 9.78 Å². The molecular formula is C15H14Cl2N2O4. The van der Waals surface area contributed by atoms with E-state index >= 15 is 0 Å². The van der Waals surface area contributed by atoms with Crippen LogP contribution in [-0.4, -0.2) is 35.4 Å². The Labute approximate surface area is 142 Å². The Bertz CT molecular complexity index is 743. The lowest BCUT2D eigenvalue weighted by molar-refractivity contribution is -0.139. The minimum Gasteiger partial charge on any atom is -0.469 e. The van der Waals surface area contributed by atoms with Crippen molar-refractivity contribution >= 4 is 35.1 Å². The first-order valence-electron chi connectivity index (χ1n) is 6.74. The summed E-state index contributed by atoms with van der Waals surface area (Å²) in [5, 5.41) is 4.98. The molecular weight excluding hydrogens is 343 g/mol. The van der Waals surface area contributed by atoms with Crippen LogP contribution in [0, 0.1) is 0 Å². The number of carbonyl (C=O) groups excluding carboxylic acids is 2. The number of halogens is 2. The van der Waals surface area contributed by atoms with Gasteiger partial charge in [0, 0.05) is 5.02 Å². The van der Waals surface area contributed by atoms with Gasteiger partial charge in [-0.15, -0.1) is 0 Å². The van der Waals surface area contributed by atoms with Gasteiger partial charge in [0.2, 0.25) is 0 Å². The lowest BCUT2D eigenvalue weighted by Gasteiger charge is -2.08. The number of hydrogen-bond acceptors (Lipinski definition) is 5. The quantitative estimate of drug-likeness (QED) is 0.770. The van der Waals surface area contributed by atoms with Gasteiger partial charge < -0.3 is 9.47 Å². The van der Waals surface area contributed by atoms with Gasteiger partial charge in [-0.2, -0.15) is 5.10 Å². The maximum absolute atomic E-state index is 11.9. The molecule has 1 aromatic heterocycles. The number of rotatable bonds is 5. The molecule has 0 saturated heterocycles. The molecule has 2 rings (SSSR count). The number of ether oxygens (including phenoxy) is 2. The summed E-state index contributed by atoms with van der Waals surface area (Å²) in [6, 6.07) is 6.30. The Morgan fingerprint density at radius 1 is 1.26 bits per heavy atom. The van der Waals surface area contributed by atoms with Gasteiger partial charge in [0.25, 0.3) is 0 Å². The molecule has 8 heteroatoms. The van der Waals surface area contributed by atoms with Gasteiger partial charge in [0.1, 0.15) is 0 Å². The highest BCUT2D eigenvalue weighted by molar-refractivity contribution is 6.35. The monoisotopic (exact) mass is 356 g/mol. The second kappa shape index (κ2) is 7.48. The molecule has 0 N–H and O–H groups in total. The second-order valence-electron chi connectivity index (χ2n) is 4.50. The van der Waals surface area contributed by atoms with Crippen molar-refractivity contribution in [2.24, 2.45) is 0 Å². The predicted octanol–water partition coefficient (Wildman–Crippen LogP) is 3.07. The summed E-state index contributed by atoms with van der Waals surface area (Å²) in [5.41, 5.74) is 1.02. The highest BCUT2D eigenvalue weighted by atomic mass is 35.5. The van der Waals surface area contributed by atoms with E-state index in [4.69, 9.17) is 27.9 Å². The molecule has 0 atom stereocenters. The van der Waals surface area contributed by atoms with E-state index in [1.165, 1.54) is 17.9 Å². The van der Waals surface area contributed by atoms with Gasteiger partial charge in [-0.05, 0) is 31.2 Å². The molecule has 1 heterocycles. The maximum atomic E-state index is 11.9. The zero-order valence-electron chi connectivity index (χ0n) is 12.5. The molecule has 2 aromatic rings. The zero-order chi connectivity index (χ0) is 17.0. The third-order valence-electron chi connectivity index (χ3n) is 2.96. The van der Waals surface area contributed by atoms with Gasteiger partial charge in [0.15, 0.2) is 5.69 Å². The molecule has 122 valence electrons. The highest BCUT2D eigenvalue weighted by Crippen LogP contribution is 2.26. The molecule has 0 unspecified atom stereocenters. The van der Waals surface area contributed by atoms with E-state index in [9.17, 15) is 9.59 Å². The number of benzene rings is 1. The largest absolute Gasteiger partial charge is 0.469 e. The van der Waals surface area contributed by atoms with Crippen molar-refractivity contribution in [3.05, 3.63) is 45.7 Å². The van der Waals surface area contributed by atoms with Crippen LogP contribution < -0.4 is 0 Å². The summed E-state index contributed by atoms with van der Waals surface area (Å²) < 4.78 is 11.0. The van der Waals surface area contributed by atoms with Crippen LogP contribution in [0.5, 0.6) is 0 Å². The Kier molecular flexibility index (Phi) is 5.63. The van der Waals surface area contributed by atoms with Crippen molar-refractivity contribution in [1.29, 1.82) is 0 Å². The molecule has 0 amide bonds. The van der Waals surface area contributed by atoms with Gasteiger partial charge >= 0.3 is 11.9 Å². The normalized spacial score (nSPS) is 10.4. The number of aromatic nitrogens is 2. The van der Waals surface area contributed by atoms with E-state index in [0.717, 1.165) is 0 Å². The SMILES string of the molecule is CCOC(=O)c1cc(CC(=O)OC)n(-c2ccc(Cl)cc2Cl)n1. The first-order valence-corrected chi connectivity index (χ1v) is 7.50. The smallest absolute Gasteiger partial charge is 0.358 e. The summed E-state index contributed by atoms with van der Waals surface area (Å²) >= 11 is 12.1. The highest BCUT2D eigenvalue weighted by Gasteiger charge is 2.19. The molecule has 0 aliphatic heterocycles. The van der Waals surface area contributed by atoms with Crippen molar-refractivity contribution in [3.8, 4) is 5.69 Å². The Morgan fingerprint density at radius 2 is 2.00 bits per heavy atom. The van der Waals surface area contributed by atoms with E-state index in [1.807, 2.05) is 0 Å². The molecule has 0 bridgehead atoms. The standard InChI is InChI=1S/C15H14Cl2N2O4/c1-3-23-15(21)12-7-10(8-14(20)22-2)19(18-12)13-5-4-9(16)6-11(13)17/h4-7H,3,8H2,1-2H3. The molecule has 0 aliphatic carbocycles. The van der Waals surface area contributed by atoms with Crippen molar-refractivity contribution in [3.63, 3.8) is 0 Å². The summed E-state index contributed by atoms with van der Waals surface area (Å²) in [5.74, 6) is -1.05. The predicted molar refractivity (Wildman–Crippen MR) is 85.3 cm³/mol. The third kappa shape index (κ3) is 4.03. The van der Waals surface area contributed by atoms with Crippen LogP contribution in [0.1, 0.15) is 23.1 Å². The van der Waals surface area contributed by atoms with Crippen LogP contribution in [0.3, 0.4) is 0 Å². The van der Waals surface area contributed by atoms with Crippen LogP contribution in [0.2, 0.25) is 10.0 Å². The van der Waals surface area contributed by atoms with Crippen molar-refractivity contribution in [2.45, 2.75) is 13.3 Å². The van der Waals surface area contributed by atoms with Crippen LogP contribution in [0.4, 0.5) is 0 Å². The van der Waals surface area contributed by atoms with Gasteiger partial charge in [-0.3, -0.25) is 4.79 Å². The van der Waals surface area contributed by atoms with E-state index in [0.29, 0.717) is 21.4 Å². The van der Waals surface area contributed by atoms with E-state index in [1.54, 1.807) is 25.1 Å². The number of nitrogens with zero attached hydrogens (tertiary/aromatic N) is 2. The lowest BCUT2D eigenvalue weighted by atomic mass is 10.2. The Balaban J connectivity index is 2.50. The average Bonchev–Trinajstić information content (AvgIpc) is 2.91. The van der Waals surface area contributed by atoms with Crippen LogP contribution >= 0.6 is 23.2 Å². The average molecular weight is 357 g/mol. The molecule has 0 fully saturated rings. The summed E-state index contributed by atoms with van der Waals surface area (Å²) in [6.45, 7) is 1.92. The molecule has 0 aliphatic rings. The van der Waals surface area contributed by atoms with Gasteiger partial charge in [0.05, 0.1) is 36.5 Å². The molecule has 0 radical (unpaired) electrons. The van der Waals surface area contributed by atoms with Gasteiger partial charge in [-0.1, -0.05) is 23.2 Å². The number of carbonyl (C=O) groups is 2. The Morgan fingerprint density at radius 3 is 2.61 bits per heavy atom. The molecule has 23 heavy (non-hydrogen) atoms. The van der Waals surface area contributed by atoms with Gasteiger partial charge in [-0.25, -0.2) is 9.48 Å². The molecule has 1 aromatic carbocycles. The third-order valence-corrected chi connectivity index (χ3v) is 3.50. The van der Waals surface area contributed by atoms with Crippen molar-refractivity contribution < 1.29 is 19.1 Å². The van der Waals surface area contributed by atoms with E-state index in [2.05, 4.69) is 9.84 Å². The minimum atomic E-state index is -0.581. The van der Waals surface area contributed by atoms with Crippen LogP contribution in [0.15, 0.2) is 24.3 Å². The maximum Gasteiger partial charge on any atom is 0.358 e. The number of hydrogen-bond donors (Lipinski definition) is 0. The lowest BCUT2D eigenvalue weighted by Crippen LogP contribution is -2.10.